The van der Waals surface area contributed by atoms with E-state index in [1.165, 1.54) is 0 Å². The van der Waals surface area contributed by atoms with Gasteiger partial charge in [-0.3, -0.25) is 0 Å². The summed E-state index contributed by atoms with van der Waals surface area (Å²) in [5, 5.41) is 0. The Balaban J connectivity index is 4.58. The van der Waals surface area contributed by atoms with Crippen LogP contribution in [0.3, 0.4) is 0 Å². The number of hydrogen-bond acceptors (Lipinski definition) is 0. The summed E-state index contributed by atoms with van der Waals surface area (Å²) in [4.78, 5) is 0. The molecule has 0 heterocycles. The Morgan fingerprint density at radius 1 is 1.17 bits per heavy atom. The lowest BCUT2D eigenvalue weighted by atomic mass is 10.1. The fourth-order valence-corrected chi connectivity index (χ4v) is 0.575. The van der Waals surface area contributed by atoms with Crippen molar-refractivity contribution in [3.63, 3.8) is 0 Å². The van der Waals surface area contributed by atoms with Crippen molar-refractivity contribution >= 4 is 0 Å². The van der Waals surface area contributed by atoms with E-state index in [1.807, 2.05) is 0 Å². The third kappa shape index (κ3) is 1.84. The molecule has 0 aliphatic heterocycles. The third-order valence-electron chi connectivity index (χ3n) is 1.41. The molecule has 0 aromatic rings. The Labute approximate surface area is 65.6 Å². The maximum atomic E-state index is 12.2. The SMILES string of the molecule is CC[C@H](F)C(F)(F)C(F)(F)CF. The molecule has 0 aliphatic carbocycles. The average molecular weight is 194 g/mol. The van der Waals surface area contributed by atoms with Crippen molar-refractivity contribution in [3.8, 4) is 0 Å². The van der Waals surface area contributed by atoms with Crippen LogP contribution in [0.2, 0.25) is 0 Å². The first-order chi connectivity index (χ1) is 5.29. The van der Waals surface area contributed by atoms with E-state index in [9.17, 15) is 26.3 Å². The molecule has 0 fully saturated rings. The van der Waals surface area contributed by atoms with Gasteiger partial charge in [0.15, 0.2) is 12.8 Å². The van der Waals surface area contributed by atoms with Gasteiger partial charge >= 0.3 is 11.8 Å². The van der Waals surface area contributed by atoms with E-state index >= 15 is 0 Å². The molecule has 0 saturated carbocycles. The topological polar surface area (TPSA) is 0 Å². The number of alkyl halides is 6. The van der Waals surface area contributed by atoms with Crippen molar-refractivity contribution in [2.24, 2.45) is 0 Å². The van der Waals surface area contributed by atoms with Crippen LogP contribution in [-0.4, -0.2) is 24.7 Å². The minimum Gasteiger partial charge on any atom is -0.244 e. The van der Waals surface area contributed by atoms with Crippen molar-refractivity contribution < 1.29 is 26.3 Å². The summed E-state index contributed by atoms with van der Waals surface area (Å²) in [5.74, 6) is -9.83. The van der Waals surface area contributed by atoms with Gasteiger partial charge in [-0.1, -0.05) is 6.92 Å². The van der Waals surface area contributed by atoms with E-state index in [0.29, 0.717) is 0 Å². The summed E-state index contributed by atoms with van der Waals surface area (Å²) >= 11 is 0. The summed E-state index contributed by atoms with van der Waals surface area (Å²) in [6, 6.07) is 0. The molecule has 0 rings (SSSR count). The zero-order valence-electron chi connectivity index (χ0n) is 6.26. The largest absolute Gasteiger partial charge is 0.343 e. The van der Waals surface area contributed by atoms with Gasteiger partial charge in [-0.25, -0.2) is 8.78 Å². The van der Waals surface area contributed by atoms with Gasteiger partial charge in [0.1, 0.15) is 0 Å². The van der Waals surface area contributed by atoms with Crippen LogP contribution in [0, 0.1) is 0 Å². The molecule has 0 radical (unpaired) electrons. The van der Waals surface area contributed by atoms with Crippen LogP contribution < -0.4 is 0 Å². The van der Waals surface area contributed by atoms with Crippen LogP contribution in [0.25, 0.3) is 0 Å². The fraction of sp³-hybridized carbons (Fsp3) is 1.00. The van der Waals surface area contributed by atoms with Gasteiger partial charge in [-0.05, 0) is 6.42 Å². The van der Waals surface area contributed by atoms with Crippen molar-refractivity contribution in [1.82, 2.24) is 0 Å². The molecular weight excluding hydrogens is 186 g/mol. The minimum atomic E-state index is -4.92. The molecule has 0 aromatic carbocycles. The lowest BCUT2D eigenvalue weighted by Crippen LogP contribution is -2.49. The van der Waals surface area contributed by atoms with Crippen molar-refractivity contribution in [2.75, 3.05) is 6.67 Å². The standard InChI is InChI=1S/C6H8F6/c1-2-4(8)6(11,12)5(9,10)3-7/h4H,2-3H2,1H3/t4-/m0/s1. The van der Waals surface area contributed by atoms with Gasteiger partial charge in [-0.2, -0.15) is 17.6 Å². The van der Waals surface area contributed by atoms with Crippen molar-refractivity contribution in [1.29, 1.82) is 0 Å². The molecule has 0 bridgehead atoms. The summed E-state index contributed by atoms with van der Waals surface area (Å²) in [6.45, 7) is -1.58. The minimum absolute atomic E-state index is 0.775. The Hall–Kier alpha value is -0.420. The predicted molar refractivity (Wildman–Crippen MR) is 31.1 cm³/mol. The first-order valence-corrected chi connectivity index (χ1v) is 3.25. The lowest BCUT2D eigenvalue weighted by molar-refractivity contribution is -0.244. The van der Waals surface area contributed by atoms with E-state index in [4.69, 9.17) is 0 Å². The number of halogens is 6. The Morgan fingerprint density at radius 3 is 1.83 bits per heavy atom. The Bertz CT molecular complexity index is 143. The molecule has 0 unspecified atom stereocenters. The van der Waals surface area contributed by atoms with Gasteiger partial charge in [0.2, 0.25) is 0 Å². The molecule has 0 N–H and O–H groups in total. The van der Waals surface area contributed by atoms with Crippen molar-refractivity contribution in [2.45, 2.75) is 31.4 Å². The second-order valence-electron chi connectivity index (χ2n) is 2.34. The van der Waals surface area contributed by atoms with Crippen LogP contribution in [0.4, 0.5) is 26.3 Å². The lowest BCUT2D eigenvalue weighted by Gasteiger charge is -2.26. The van der Waals surface area contributed by atoms with Crippen LogP contribution in [0.15, 0.2) is 0 Å². The highest BCUT2D eigenvalue weighted by molar-refractivity contribution is 4.90. The summed E-state index contributed by atoms with van der Waals surface area (Å²) in [5.41, 5.74) is 0. The van der Waals surface area contributed by atoms with Gasteiger partial charge in [-0.15, -0.1) is 0 Å². The van der Waals surface area contributed by atoms with E-state index in [-0.39, 0.29) is 0 Å². The average Bonchev–Trinajstić information content (AvgIpc) is 2.02. The monoisotopic (exact) mass is 194 g/mol. The van der Waals surface area contributed by atoms with Gasteiger partial charge in [0, 0.05) is 0 Å². The maximum Gasteiger partial charge on any atom is 0.343 e. The molecule has 0 aromatic heterocycles. The fourth-order valence-electron chi connectivity index (χ4n) is 0.575. The van der Waals surface area contributed by atoms with Crippen LogP contribution in [0.1, 0.15) is 13.3 Å². The molecule has 0 nitrogen and oxygen atoms in total. The molecule has 12 heavy (non-hydrogen) atoms. The maximum absolute atomic E-state index is 12.2. The molecule has 0 saturated heterocycles. The Morgan fingerprint density at radius 2 is 1.58 bits per heavy atom. The second kappa shape index (κ2) is 3.53. The summed E-state index contributed by atoms with van der Waals surface area (Å²) < 4.78 is 72.0. The van der Waals surface area contributed by atoms with Gasteiger partial charge in [0.25, 0.3) is 0 Å². The number of hydrogen-bond donors (Lipinski definition) is 0. The zero-order valence-corrected chi connectivity index (χ0v) is 6.26. The number of rotatable bonds is 4. The van der Waals surface area contributed by atoms with Crippen LogP contribution in [-0.2, 0) is 0 Å². The van der Waals surface area contributed by atoms with Crippen LogP contribution in [0.5, 0.6) is 0 Å². The predicted octanol–water partition coefficient (Wildman–Crippen LogP) is 2.97. The van der Waals surface area contributed by atoms with Crippen LogP contribution >= 0.6 is 0 Å². The Kier molecular flexibility index (Phi) is 3.41. The highest BCUT2D eigenvalue weighted by Gasteiger charge is 2.61. The van der Waals surface area contributed by atoms with E-state index < -0.39 is 31.1 Å². The summed E-state index contributed by atoms with van der Waals surface area (Å²) in [7, 11) is 0. The van der Waals surface area contributed by atoms with E-state index in [1.54, 1.807) is 0 Å². The van der Waals surface area contributed by atoms with Gasteiger partial charge < -0.3 is 0 Å². The van der Waals surface area contributed by atoms with E-state index in [2.05, 4.69) is 0 Å². The molecule has 0 spiro atoms. The smallest absolute Gasteiger partial charge is 0.244 e. The van der Waals surface area contributed by atoms with E-state index in [0.717, 1.165) is 6.92 Å². The molecule has 0 amide bonds. The highest BCUT2D eigenvalue weighted by Crippen LogP contribution is 2.39. The quantitative estimate of drug-likeness (QED) is 0.603. The molecule has 0 aliphatic rings. The molecule has 74 valence electrons. The normalized spacial score (nSPS) is 16.2. The molecular formula is C6H8F6. The second-order valence-corrected chi connectivity index (χ2v) is 2.34. The first-order valence-electron chi connectivity index (χ1n) is 3.25. The van der Waals surface area contributed by atoms with Crippen molar-refractivity contribution in [3.05, 3.63) is 0 Å². The zero-order chi connectivity index (χ0) is 9.99. The molecule has 6 heteroatoms. The summed E-state index contributed by atoms with van der Waals surface area (Å²) in [6.07, 6.45) is -3.79. The van der Waals surface area contributed by atoms with Gasteiger partial charge in [0.05, 0.1) is 0 Å². The molecule has 1 atom stereocenters. The third-order valence-corrected chi connectivity index (χ3v) is 1.41. The first kappa shape index (κ1) is 11.6. The highest BCUT2D eigenvalue weighted by atomic mass is 19.3.